The number of hydrogen-bond acceptors (Lipinski definition) is 3. The summed E-state index contributed by atoms with van der Waals surface area (Å²) in [5.74, 6) is 0.0973. The molecule has 1 aliphatic rings. The normalized spacial score (nSPS) is 15.7. The number of imidazole rings is 1. The highest BCUT2D eigenvalue weighted by atomic mass is 16.2. The molecule has 1 aromatic heterocycles. The van der Waals surface area contributed by atoms with E-state index in [2.05, 4.69) is 46.6 Å². The SMILES string of the molecule is Cc1cccc(-n2cnc3cc(C(=O)N4CCN(C)CC4)ccc32)c1. The number of aromatic nitrogens is 2. The number of carbonyl (C=O) groups excluding carboxylic acids is 1. The summed E-state index contributed by atoms with van der Waals surface area (Å²) in [6.45, 7) is 5.50. The molecule has 0 bridgehead atoms. The lowest BCUT2D eigenvalue weighted by molar-refractivity contribution is 0.0664. The van der Waals surface area contributed by atoms with Crippen molar-refractivity contribution in [1.82, 2.24) is 19.4 Å². The predicted octanol–water partition coefficient (Wildman–Crippen LogP) is 2.72. The van der Waals surface area contributed by atoms with Gasteiger partial charge in [0.05, 0.1) is 11.0 Å². The van der Waals surface area contributed by atoms with Crippen LogP contribution in [0.15, 0.2) is 48.8 Å². The molecule has 0 atom stereocenters. The highest BCUT2D eigenvalue weighted by Crippen LogP contribution is 2.21. The lowest BCUT2D eigenvalue weighted by atomic mass is 10.1. The Morgan fingerprint density at radius 2 is 1.84 bits per heavy atom. The average Bonchev–Trinajstić information content (AvgIpc) is 3.05. The van der Waals surface area contributed by atoms with Crippen LogP contribution in [-0.2, 0) is 0 Å². The molecule has 0 unspecified atom stereocenters. The zero-order valence-electron chi connectivity index (χ0n) is 14.6. The van der Waals surface area contributed by atoms with Crippen molar-refractivity contribution in [2.75, 3.05) is 33.2 Å². The van der Waals surface area contributed by atoms with E-state index in [1.54, 1.807) is 0 Å². The number of benzene rings is 2. The number of nitrogens with zero attached hydrogens (tertiary/aromatic N) is 4. The van der Waals surface area contributed by atoms with Crippen molar-refractivity contribution in [3.8, 4) is 5.69 Å². The monoisotopic (exact) mass is 334 g/mol. The fourth-order valence-corrected chi connectivity index (χ4v) is 3.32. The second-order valence-corrected chi connectivity index (χ2v) is 6.75. The Morgan fingerprint density at radius 1 is 1.04 bits per heavy atom. The maximum absolute atomic E-state index is 12.7. The molecular weight excluding hydrogens is 312 g/mol. The molecule has 4 rings (SSSR count). The summed E-state index contributed by atoms with van der Waals surface area (Å²) in [6, 6.07) is 14.1. The number of fused-ring (bicyclic) bond motifs is 1. The van der Waals surface area contributed by atoms with Crippen LogP contribution in [0.2, 0.25) is 0 Å². The Bertz CT molecular complexity index is 922. The minimum absolute atomic E-state index is 0.0973. The molecule has 25 heavy (non-hydrogen) atoms. The van der Waals surface area contributed by atoms with Crippen LogP contribution in [0.1, 0.15) is 15.9 Å². The van der Waals surface area contributed by atoms with E-state index in [0.717, 1.165) is 42.9 Å². The van der Waals surface area contributed by atoms with Crippen LogP contribution in [0.5, 0.6) is 0 Å². The number of likely N-dealkylation sites (N-methyl/N-ethyl adjacent to an activating group) is 1. The van der Waals surface area contributed by atoms with Gasteiger partial charge in [-0.3, -0.25) is 9.36 Å². The smallest absolute Gasteiger partial charge is 0.254 e. The van der Waals surface area contributed by atoms with Gasteiger partial charge in [-0.1, -0.05) is 12.1 Å². The third-order valence-corrected chi connectivity index (χ3v) is 4.86. The van der Waals surface area contributed by atoms with E-state index in [1.807, 2.05) is 35.5 Å². The molecule has 1 amide bonds. The van der Waals surface area contributed by atoms with E-state index in [-0.39, 0.29) is 5.91 Å². The first-order valence-corrected chi connectivity index (χ1v) is 8.64. The molecule has 0 radical (unpaired) electrons. The van der Waals surface area contributed by atoms with Crippen molar-refractivity contribution in [1.29, 1.82) is 0 Å². The van der Waals surface area contributed by atoms with Crippen LogP contribution in [0.4, 0.5) is 0 Å². The van der Waals surface area contributed by atoms with Gasteiger partial charge in [0.2, 0.25) is 0 Å². The number of hydrogen-bond donors (Lipinski definition) is 0. The molecule has 1 saturated heterocycles. The Balaban J connectivity index is 1.64. The fourth-order valence-electron chi connectivity index (χ4n) is 3.32. The quantitative estimate of drug-likeness (QED) is 0.724. The first-order valence-electron chi connectivity index (χ1n) is 8.64. The van der Waals surface area contributed by atoms with E-state index in [9.17, 15) is 4.79 Å². The summed E-state index contributed by atoms with van der Waals surface area (Å²) in [5, 5.41) is 0. The Hall–Kier alpha value is -2.66. The Kier molecular flexibility index (Phi) is 4.01. The fraction of sp³-hybridized carbons (Fsp3) is 0.300. The van der Waals surface area contributed by atoms with Crippen molar-refractivity contribution >= 4 is 16.9 Å². The molecule has 5 nitrogen and oxygen atoms in total. The summed E-state index contributed by atoms with van der Waals surface area (Å²) >= 11 is 0. The summed E-state index contributed by atoms with van der Waals surface area (Å²) in [5.41, 5.74) is 4.87. The van der Waals surface area contributed by atoms with Gasteiger partial charge in [0.25, 0.3) is 5.91 Å². The lowest BCUT2D eigenvalue weighted by Gasteiger charge is -2.32. The van der Waals surface area contributed by atoms with Crippen LogP contribution >= 0.6 is 0 Å². The van der Waals surface area contributed by atoms with Crippen LogP contribution in [0, 0.1) is 6.92 Å². The van der Waals surface area contributed by atoms with Crippen molar-refractivity contribution in [2.24, 2.45) is 0 Å². The number of carbonyl (C=O) groups is 1. The van der Waals surface area contributed by atoms with Crippen molar-refractivity contribution in [3.05, 3.63) is 59.9 Å². The van der Waals surface area contributed by atoms with Gasteiger partial charge < -0.3 is 9.80 Å². The third-order valence-electron chi connectivity index (χ3n) is 4.86. The van der Waals surface area contributed by atoms with Gasteiger partial charge in [-0.15, -0.1) is 0 Å². The number of amides is 1. The molecule has 0 spiro atoms. The van der Waals surface area contributed by atoms with Gasteiger partial charge in [-0.05, 0) is 49.9 Å². The zero-order chi connectivity index (χ0) is 17.4. The molecule has 1 aliphatic heterocycles. The summed E-state index contributed by atoms with van der Waals surface area (Å²) in [7, 11) is 2.09. The molecule has 0 saturated carbocycles. The van der Waals surface area contributed by atoms with E-state index >= 15 is 0 Å². The Labute approximate surface area is 147 Å². The molecule has 0 N–H and O–H groups in total. The maximum atomic E-state index is 12.7. The molecular formula is C20H22N4O. The second-order valence-electron chi connectivity index (χ2n) is 6.75. The molecule has 0 aliphatic carbocycles. The maximum Gasteiger partial charge on any atom is 0.254 e. The summed E-state index contributed by atoms with van der Waals surface area (Å²) < 4.78 is 2.06. The topological polar surface area (TPSA) is 41.4 Å². The van der Waals surface area contributed by atoms with E-state index in [4.69, 9.17) is 0 Å². The lowest BCUT2D eigenvalue weighted by Crippen LogP contribution is -2.47. The van der Waals surface area contributed by atoms with Crippen LogP contribution in [0.3, 0.4) is 0 Å². The third kappa shape index (κ3) is 3.03. The average molecular weight is 334 g/mol. The largest absolute Gasteiger partial charge is 0.336 e. The second kappa shape index (κ2) is 6.33. The van der Waals surface area contributed by atoms with Crippen molar-refractivity contribution in [2.45, 2.75) is 6.92 Å². The number of aryl methyl sites for hydroxylation is 1. The number of rotatable bonds is 2. The van der Waals surface area contributed by atoms with Crippen LogP contribution < -0.4 is 0 Å². The zero-order valence-corrected chi connectivity index (χ0v) is 14.6. The Morgan fingerprint density at radius 3 is 2.60 bits per heavy atom. The van der Waals surface area contributed by atoms with Gasteiger partial charge in [0.15, 0.2) is 0 Å². The van der Waals surface area contributed by atoms with E-state index in [0.29, 0.717) is 5.56 Å². The highest BCUT2D eigenvalue weighted by Gasteiger charge is 2.21. The minimum atomic E-state index is 0.0973. The molecule has 2 aromatic carbocycles. The van der Waals surface area contributed by atoms with Gasteiger partial charge in [0, 0.05) is 37.4 Å². The number of piperazine rings is 1. The van der Waals surface area contributed by atoms with Gasteiger partial charge in [-0.25, -0.2) is 4.98 Å². The molecule has 3 aromatic rings. The predicted molar refractivity (Wildman–Crippen MR) is 99.2 cm³/mol. The van der Waals surface area contributed by atoms with Gasteiger partial charge in [0.1, 0.15) is 6.33 Å². The standard InChI is InChI=1S/C20H22N4O/c1-15-4-3-5-17(12-15)24-14-21-18-13-16(6-7-19(18)24)20(25)23-10-8-22(2)9-11-23/h3-7,12-14H,8-11H2,1-2H3. The van der Waals surface area contributed by atoms with Gasteiger partial charge >= 0.3 is 0 Å². The van der Waals surface area contributed by atoms with Crippen molar-refractivity contribution in [3.63, 3.8) is 0 Å². The molecule has 2 heterocycles. The molecule has 1 fully saturated rings. The first-order chi connectivity index (χ1) is 12.1. The van der Waals surface area contributed by atoms with Crippen LogP contribution in [-0.4, -0.2) is 58.5 Å². The van der Waals surface area contributed by atoms with Crippen molar-refractivity contribution < 1.29 is 4.79 Å². The van der Waals surface area contributed by atoms with Crippen LogP contribution in [0.25, 0.3) is 16.7 Å². The summed E-state index contributed by atoms with van der Waals surface area (Å²) in [6.07, 6.45) is 1.82. The first kappa shape index (κ1) is 15.8. The van der Waals surface area contributed by atoms with E-state index in [1.165, 1.54) is 5.56 Å². The minimum Gasteiger partial charge on any atom is -0.336 e. The molecule has 128 valence electrons. The molecule has 5 heteroatoms. The highest BCUT2D eigenvalue weighted by molar-refractivity contribution is 5.97. The van der Waals surface area contributed by atoms with E-state index < -0.39 is 0 Å². The summed E-state index contributed by atoms with van der Waals surface area (Å²) in [4.78, 5) is 21.4. The van der Waals surface area contributed by atoms with Gasteiger partial charge in [-0.2, -0.15) is 0 Å².